The molecule has 0 saturated carbocycles. The molecule has 27 heavy (non-hydrogen) atoms. The zero-order valence-corrected chi connectivity index (χ0v) is 16.5. The van der Waals surface area contributed by atoms with Gasteiger partial charge in [-0.2, -0.15) is 0 Å². The third-order valence-corrected chi connectivity index (χ3v) is 5.08. The summed E-state index contributed by atoms with van der Waals surface area (Å²) in [6.07, 6.45) is 1.40. The molecule has 8 heteroatoms. The van der Waals surface area contributed by atoms with Gasteiger partial charge >= 0.3 is 0 Å². The van der Waals surface area contributed by atoms with Gasteiger partial charge in [0.2, 0.25) is 15.9 Å². The molecule has 0 aliphatic rings. The highest BCUT2D eigenvalue weighted by Gasteiger charge is 2.09. The number of amides is 1. The van der Waals surface area contributed by atoms with Crippen molar-refractivity contribution < 1.29 is 13.2 Å². The zero-order chi connectivity index (χ0) is 19.4. The van der Waals surface area contributed by atoms with Crippen LogP contribution in [-0.4, -0.2) is 25.6 Å². The molecule has 0 saturated heterocycles. The molecule has 0 bridgehead atoms. The number of hydrogen-bond donors (Lipinski definition) is 2. The monoisotopic (exact) mass is 401 g/mol. The first-order chi connectivity index (χ1) is 12.8. The summed E-state index contributed by atoms with van der Waals surface area (Å²) in [5.41, 5.74) is 4.15. The minimum atomic E-state index is -3.30. The maximum Gasteiger partial charge on any atom is 0.230 e. The van der Waals surface area contributed by atoms with Gasteiger partial charge in [0.1, 0.15) is 0 Å². The summed E-state index contributed by atoms with van der Waals surface area (Å²) >= 11 is 1.35. The second-order valence-corrected chi connectivity index (χ2v) is 8.81. The van der Waals surface area contributed by atoms with Crippen molar-refractivity contribution in [3.8, 4) is 11.3 Å². The maximum absolute atomic E-state index is 12.2. The molecule has 1 heterocycles. The molecule has 0 fully saturated rings. The van der Waals surface area contributed by atoms with Gasteiger partial charge in [-0.25, -0.2) is 13.4 Å². The van der Waals surface area contributed by atoms with Crippen LogP contribution in [0.3, 0.4) is 0 Å². The Balaban J connectivity index is 1.64. The van der Waals surface area contributed by atoms with E-state index < -0.39 is 10.0 Å². The van der Waals surface area contributed by atoms with Gasteiger partial charge in [-0.1, -0.05) is 42.0 Å². The van der Waals surface area contributed by atoms with E-state index in [-0.39, 0.29) is 5.91 Å². The summed E-state index contributed by atoms with van der Waals surface area (Å²) in [6, 6.07) is 14.7. The predicted molar refractivity (Wildman–Crippen MR) is 110 cm³/mol. The number of carbonyl (C=O) groups excluding carboxylic acids is 1. The highest BCUT2D eigenvalue weighted by molar-refractivity contribution is 7.92. The summed E-state index contributed by atoms with van der Waals surface area (Å²) in [4.78, 5) is 16.6. The number of sulfonamides is 1. The molecule has 3 aromatic rings. The Hall–Kier alpha value is -2.71. The number of hydrogen-bond acceptors (Lipinski definition) is 5. The van der Waals surface area contributed by atoms with E-state index in [1.807, 2.05) is 36.6 Å². The Morgan fingerprint density at radius 1 is 1.07 bits per heavy atom. The van der Waals surface area contributed by atoms with E-state index >= 15 is 0 Å². The lowest BCUT2D eigenvalue weighted by molar-refractivity contribution is -0.115. The number of carbonyl (C=O) groups is 1. The largest absolute Gasteiger partial charge is 0.302 e. The number of aromatic nitrogens is 1. The lowest BCUT2D eigenvalue weighted by atomic mass is 10.1. The fourth-order valence-electron chi connectivity index (χ4n) is 2.44. The van der Waals surface area contributed by atoms with Gasteiger partial charge in [-0.15, -0.1) is 11.3 Å². The van der Waals surface area contributed by atoms with E-state index in [9.17, 15) is 13.2 Å². The standard InChI is InChI=1S/C19H19N3O3S2/c1-13-3-5-14(6-4-13)11-18(23)21-19-20-17(12-26-19)15-7-9-16(10-8-15)22-27(2,24)25/h3-10,12,22H,11H2,1-2H3,(H,20,21,23). The fraction of sp³-hybridized carbons (Fsp3) is 0.158. The minimum absolute atomic E-state index is 0.118. The first kappa shape index (κ1) is 19.1. The number of anilines is 2. The Labute approximate surface area is 162 Å². The van der Waals surface area contributed by atoms with E-state index in [0.29, 0.717) is 17.2 Å². The lowest BCUT2D eigenvalue weighted by Crippen LogP contribution is -2.14. The molecular weight excluding hydrogens is 382 g/mol. The summed E-state index contributed by atoms with van der Waals surface area (Å²) in [6.45, 7) is 2.00. The van der Waals surface area contributed by atoms with Gasteiger partial charge in [0.05, 0.1) is 18.4 Å². The van der Waals surface area contributed by atoms with Gasteiger partial charge in [0.15, 0.2) is 5.13 Å². The van der Waals surface area contributed by atoms with Gasteiger partial charge in [-0.05, 0) is 24.6 Å². The van der Waals surface area contributed by atoms with Crippen LogP contribution in [0.15, 0.2) is 53.9 Å². The van der Waals surface area contributed by atoms with E-state index in [1.54, 1.807) is 24.3 Å². The van der Waals surface area contributed by atoms with Crippen LogP contribution in [-0.2, 0) is 21.2 Å². The number of nitrogens with one attached hydrogen (secondary N) is 2. The maximum atomic E-state index is 12.2. The van der Waals surface area contributed by atoms with Crippen LogP contribution < -0.4 is 10.0 Å². The van der Waals surface area contributed by atoms with Gasteiger partial charge in [-0.3, -0.25) is 9.52 Å². The van der Waals surface area contributed by atoms with Gasteiger partial charge in [0.25, 0.3) is 0 Å². The number of nitrogens with zero attached hydrogens (tertiary/aromatic N) is 1. The smallest absolute Gasteiger partial charge is 0.230 e. The Morgan fingerprint density at radius 3 is 2.37 bits per heavy atom. The third-order valence-electron chi connectivity index (χ3n) is 3.72. The van der Waals surface area contributed by atoms with E-state index in [1.165, 1.54) is 11.3 Å². The van der Waals surface area contributed by atoms with Crippen LogP contribution in [0.25, 0.3) is 11.3 Å². The number of rotatable bonds is 6. The molecule has 1 aromatic heterocycles. The van der Waals surface area contributed by atoms with E-state index in [2.05, 4.69) is 15.0 Å². The van der Waals surface area contributed by atoms with E-state index in [4.69, 9.17) is 0 Å². The van der Waals surface area contributed by atoms with Crippen LogP contribution in [0, 0.1) is 6.92 Å². The second kappa shape index (κ2) is 7.89. The minimum Gasteiger partial charge on any atom is -0.302 e. The van der Waals surface area contributed by atoms with Crippen molar-refractivity contribution in [1.29, 1.82) is 0 Å². The molecule has 1 amide bonds. The van der Waals surface area contributed by atoms with Gasteiger partial charge < -0.3 is 5.32 Å². The number of thiazole rings is 1. The molecule has 0 aliphatic heterocycles. The molecular formula is C19H19N3O3S2. The average molecular weight is 402 g/mol. The van der Waals surface area contributed by atoms with Crippen LogP contribution >= 0.6 is 11.3 Å². The van der Waals surface area contributed by atoms with Crippen molar-refractivity contribution in [2.24, 2.45) is 0 Å². The van der Waals surface area contributed by atoms with Crippen LogP contribution in [0.1, 0.15) is 11.1 Å². The number of benzene rings is 2. The van der Waals surface area contributed by atoms with E-state index in [0.717, 1.165) is 28.6 Å². The quantitative estimate of drug-likeness (QED) is 0.660. The molecule has 0 radical (unpaired) electrons. The van der Waals surface area contributed by atoms with Crippen LogP contribution in [0.5, 0.6) is 0 Å². The molecule has 6 nitrogen and oxygen atoms in total. The normalized spacial score (nSPS) is 11.2. The fourth-order valence-corrected chi connectivity index (χ4v) is 3.74. The number of aryl methyl sites for hydroxylation is 1. The first-order valence-corrected chi connectivity index (χ1v) is 10.9. The highest BCUT2D eigenvalue weighted by Crippen LogP contribution is 2.26. The summed E-state index contributed by atoms with van der Waals surface area (Å²) in [7, 11) is -3.30. The van der Waals surface area contributed by atoms with Crippen molar-refractivity contribution >= 4 is 38.1 Å². The van der Waals surface area contributed by atoms with Crippen molar-refractivity contribution in [3.63, 3.8) is 0 Å². The molecule has 0 aliphatic carbocycles. The molecule has 0 spiro atoms. The summed E-state index contributed by atoms with van der Waals surface area (Å²) < 4.78 is 24.9. The molecule has 2 aromatic carbocycles. The second-order valence-electron chi connectivity index (χ2n) is 6.20. The van der Waals surface area contributed by atoms with Crippen molar-refractivity contribution in [1.82, 2.24) is 4.98 Å². The van der Waals surface area contributed by atoms with Crippen LogP contribution in [0.4, 0.5) is 10.8 Å². The first-order valence-electron chi connectivity index (χ1n) is 8.18. The Morgan fingerprint density at radius 2 is 1.74 bits per heavy atom. The SMILES string of the molecule is Cc1ccc(CC(=O)Nc2nc(-c3ccc(NS(C)(=O)=O)cc3)cs2)cc1. The lowest BCUT2D eigenvalue weighted by Gasteiger charge is -2.04. The zero-order valence-electron chi connectivity index (χ0n) is 14.9. The van der Waals surface area contributed by atoms with Crippen LogP contribution in [0.2, 0.25) is 0 Å². The topological polar surface area (TPSA) is 88.2 Å². The molecule has 0 unspecified atom stereocenters. The predicted octanol–water partition coefficient (Wildman–Crippen LogP) is 3.67. The van der Waals surface area contributed by atoms with Gasteiger partial charge in [0, 0.05) is 16.6 Å². The van der Waals surface area contributed by atoms with Crippen molar-refractivity contribution in [2.75, 3.05) is 16.3 Å². The molecule has 0 atom stereocenters. The Bertz CT molecular complexity index is 1040. The summed E-state index contributed by atoms with van der Waals surface area (Å²) in [5.74, 6) is -0.118. The third kappa shape index (κ3) is 5.63. The molecule has 3 rings (SSSR count). The Kier molecular flexibility index (Phi) is 5.57. The summed E-state index contributed by atoms with van der Waals surface area (Å²) in [5, 5.41) is 5.19. The highest BCUT2D eigenvalue weighted by atomic mass is 32.2. The molecule has 140 valence electrons. The van der Waals surface area contributed by atoms with Crippen molar-refractivity contribution in [2.45, 2.75) is 13.3 Å². The molecule has 2 N–H and O–H groups in total. The van der Waals surface area contributed by atoms with Crippen molar-refractivity contribution in [3.05, 3.63) is 65.0 Å². The average Bonchev–Trinajstić information content (AvgIpc) is 3.04.